The van der Waals surface area contributed by atoms with Crippen molar-refractivity contribution in [2.24, 2.45) is 10.9 Å². The summed E-state index contributed by atoms with van der Waals surface area (Å²) in [6.45, 7) is 2.19. The Morgan fingerprint density at radius 2 is 1.54 bits per heavy atom. The Labute approximate surface area is 168 Å². The van der Waals surface area contributed by atoms with Gasteiger partial charge in [0.05, 0.1) is 11.7 Å². The molecule has 0 bridgehead atoms. The minimum atomic E-state index is -0.580. The first-order valence-electron chi connectivity index (χ1n) is 9.56. The zero-order valence-corrected chi connectivity index (χ0v) is 16.8. The van der Waals surface area contributed by atoms with Crippen molar-refractivity contribution in [2.75, 3.05) is 0 Å². The van der Waals surface area contributed by atoms with Gasteiger partial charge in [0.1, 0.15) is 0 Å². The Morgan fingerprint density at radius 3 is 2.14 bits per heavy atom. The molecule has 4 rings (SSSR count). The van der Waals surface area contributed by atoms with Crippen LogP contribution in [0.3, 0.4) is 0 Å². The van der Waals surface area contributed by atoms with Crippen molar-refractivity contribution in [1.29, 1.82) is 0 Å². The van der Waals surface area contributed by atoms with Crippen molar-refractivity contribution in [3.05, 3.63) is 114 Å². The molecule has 0 amide bonds. The van der Waals surface area contributed by atoms with Crippen molar-refractivity contribution >= 4 is 24.7 Å². The third-order valence-corrected chi connectivity index (χ3v) is 7.46. The van der Waals surface area contributed by atoms with Crippen LogP contribution in [-0.2, 0) is 0 Å². The summed E-state index contributed by atoms with van der Waals surface area (Å²) in [5, 5.41) is 4.21. The molecule has 3 heteroatoms. The molecule has 0 saturated carbocycles. The average molecular weight is 382 g/mol. The van der Waals surface area contributed by atoms with Gasteiger partial charge in [-0.15, -0.1) is 0 Å². The first-order valence-corrected chi connectivity index (χ1v) is 10.9. The molecule has 2 nitrogen and oxygen atoms in total. The normalized spacial score (nSPS) is 17.2. The third-order valence-electron chi connectivity index (χ3n) is 4.86. The molecule has 0 N–H and O–H groups in total. The summed E-state index contributed by atoms with van der Waals surface area (Å²) < 4.78 is 0. The van der Waals surface area contributed by atoms with Crippen LogP contribution in [0.1, 0.15) is 12.6 Å². The molecule has 1 aliphatic rings. The Hall–Kier alpha value is -2.83. The van der Waals surface area contributed by atoms with Gasteiger partial charge in [-0.05, 0) is 42.9 Å². The van der Waals surface area contributed by atoms with E-state index in [1.807, 2.05) is 24.4 Å². The van der Waals surface area contributed by atoms with Crippen molar-refractivity contribution in [2.45, 2.75) is 13.0 Å². The maximum absolute atomic E-state index is 4.83. The lowest BCUT2D eigenvalue weighted by Crippen LogP contribution is -2.20. The van der Waals surface area contributed by atoms with Gasteiger partial charge in [0, 0.05) is 18.3 Å². The molecule has 3 aromatic rings. The minimum Gasteiger partial charge on any atom is -0.287 e. The van der Waals surface area contributed by atoms with Crippen molar-refractivity contribution in [3.63, 3.8) is 0 Å². The minimum absolute atomic E-state index is 0.157. The third kappa shape index (κ3) is 4.18. The van der Waals surface area contributed by atoms with E-state index in [-0.39, 0.29) is 6.04 Å². The van der Waals surface area contributed by atoms with Gasteiger partial charge in [0.25, 0.3) is 0 Å². The van der Waals surface area contributed by atoms with Crippen LogP contribution in [0.5, 0.6) is 0 Å². The number of allylic oxidation sites excluding steroid dienone is 2. The summed E-state index contributed by atoms with van der Waals surface area (Å²) in [4.78, 5) is 9.18. The number of nitrogens with zero attached hydrogens (tertiary/aromatic N) is 2. The van der Waals surface area contributed by atoms with Gasteiger partial charge >= 0.3 is 0 Å². The fraction of sp³-hybridized carbons (Fsp3) is 0.120. The summed E-state index contributed by atoms with van der Waals surface area (Å²) in [6, 6.07) is 27.7. The Bertz CT molecular complexity index is 939. The van der Waals surface area contributed by atoms with Crippen LogP contribution in [0.15, 0.2) is 114 Å². The monoisotopic (exact) mass is 382 g/mol. The second-order valence-corrected chi connectivity index (χ2v) is 9.00. The predicted molar refractivity (Wildman–Crippen MR) is 121 cm³/mol. The standard InChI is InChI=1S/C25H23N2P/c1-20(27-19-21-11-8-9-18-26-21)24-16-10-17-25(24)28(22-12-4-2-5-13-22)23-14-6-3-7-15-23/h2-20,24H,1H3/t20-,24?/m1/s1. The van der Waals surface area contributed by atoms with Crippen molar-refractivity contribution < 1.29 is 0 Å². The Balaban J connectivity index is 1.64. The van der Waals surface area contributed by atoms with Crippen LogP contribution in [-0.4, -0.2) is 17.2 Å². The molecule has 1 unspecified atom stereocenters. The van der Waals surface area contributed by atoms with Crippen LogP contribution >= 0.6 is 7.92 Å². The first-order chi connectivity index (χ1) is 13.8. The SMILES string of the molecule is C[C@@H](N=Cc1ccccn1)C1C=CC=C1P(c1ccccc1)c1ccccc1. The van der Waals surface area contributed by atoms with Gasteiger partial charge in [-0.25, -0.2) is 0 Å². The summed E-state index contributed by atoms with van der Waals surface area (Å²) in [6.07, 6.45) is 10.5. The van der Waals surface area contributed by atoms with Crippen LogP contribution in [0.4, 0.5) is 0 Å². The van der Waals surface area contributed by atoms with Gasteiger partial charge < -0.3 is 0 Å². The quantitative estimate of drug-likeness (QED) is 0.431. The summed E-state index contributed by atoms with van der Waals surface area (Å²) in [5.74, 6) is 0.298. The molecule has 2 aromatic carbocycles. The molecule has 0 saturated heterocycles. The summed E-state index contributed by atoms with van der Waals surface area (Å²) in [7, 11) is -0.580. The van der Waals surface area contributed by atoms with E-state index in [1.165, 1.54) is 15.9 Å². The van der Waals surface area contributed by atoms with Gasteiger partial charge in [-0.2, -0.15) is 0 Å². The number of aliphatic imine (C=N–C) groups is 1. The van der Waals surface area contributed by atoms with Crippen LogP contribution in [0, 0.1) is 5.92 Å². The second kappa shape index (κ2) is 8.91. The fourth-order valence-corrected chi connectivity index (χ4v) is 6.13. The van der Waals surface area contributed by atoms with E-state index in [9.17, 15) is 0 Å². The topological polar surface area (TPSA) is 25.2 Å². The van der Waals surface area contributed by atoms with Gasteiger partial charge in [-0.1, -0.05) is 85.0 Å². The van der Waals surface area contributed by atoms with E-state index < -0.39 is 7.92 Å². The Morgan fingerprint density at radius 1 is 0.893 bits per heavy atom. The summed E-state index contributed by atoms with van der Waals surface area (Å²) in [5.41, 5.74) is 0.898. The van der Waals surface area contributed by atoms with Gasteiger partial charge in [-0.3, -0.25) is 9.98 Å². The molecule has 2 atom stereocenters. The zero-order valence-electron chi connectivity index (χ0n) is 15.9. The van der Waals surface area contributed by atoms with Crippen molar-refractivity contribution in [3.8, 4) is 0 Å². The lowest BCUT2D eigenvalue weighted by atomic mass is 10.0. The van der Waals surface area contributed by atoms with E-state index in [4.69, 9.17) is 4.99 Å². The molecule has 1 aromatic heterocycles. The largest absolute Gasteiger partial charge is 0.287 e. The van der Waals surface area contributed by atoms with E-state index in [2.05, 4.69) is 90.8 Å². The number of aromatic nitrogens is 1. The Kier molecular flexibility index (Phi) is 5.89. The molecule has 138 valence electrons. The molecule has 0 aliphatic heterocycles. The summed E-state index contributed by atoms with van der Waals surface area (Å²) >= 11 is 0. The smallest absolute Gasteiger partial charge is 0.0807 e. The molecular formula is C25H23N2P. The van der Waals surface area contributed by atoms with Gasteiger partial charge in [0.15, 0.2) is 0 Å². The van der Waals surface area contributed by atoms with Crippen LogP contribution < -0.4 is 10.6 Å². The highest BCUT2D eigenvalue weighted by Crippen LogP contribution is 2.50. The number of hydrogen-bond acceptors (Lipinski definition) is 2. The van der Waals surface area contributed by atoms with E-state index in [0.29, 0.717) is 5.92 Å². The second-order valence-electron chi connectivity index (χ2n) is 6.78. The lowest BCUT2D eigenvalue weighted by Gasteiger charge is -2.27. The fourth-order valence-electron chi connectivity index (χ4n) is 3.46. The molecule has 1 heterocycles. The van der Waals surface area contributed by atoms with E-state index in [0.717, 1.165) is 5.69 Å². The molecule has 0 spiro atoms. The molecule has 0 fully saturated rings. The van der Waals surface area contributed by atoms with E-state index in [1.54, 1.807) is 6.20 Å². The number of pyridine rings is 1. The molecule has 28 heavy (non-hydrogen) atoms. The number of rotatable bonds is 6. The highest BCUT2D eigenvalue weighted by atomic mass is 31.1. The number of benzene rings is 2. The van der Waals surface area contributed by atoms with Gasteiger partial charge in [0.2, 0.25) is 0 Å². The molecular weight excluding hydrogens is 359 g/mol. The molecule has 1 aliphatic carbocycles. The van der Waals surface area contributed by atoms with E-state index >= 15 is 0 Å². The maximum atomic E-state index is 4.83. The lowest BCUT2D eigenvalue weighted by molar-refractivity contribution is 0.637. The first kappa shape index (κ1) is 18.5. The maximum Gasteiger partial charge on any atom is 0.0807 e. The molecule has 0 radical (unpaired) electrons. The van der Waals surface area contributed by atoms with Crippen LogP contribution in [0.25, 0.3) is 0 Å². The number of hydrogen-bond donors (Lipinski definition) is 0. The average Bonchev–Trinajstić information content (AvgIpc) is 3.24. The predicted octanol–water partition coefficient (Wildman–Crippen LogP) is 5.09. The highest BCUT2D eigenvalue weighted by Gasteiger charge is 2.29. The van der Waals surface area contributed by atoms with Crippen LogP contribution in [0.2, 0.25) is 0 Å². The highest BCUT2D eigenvalue weighted by molar-refractivity contribution is 7.76. The zero-order chi connectivity index (χ0) is 19.2. The van der Waals surface area contributed by atoms with Crippen molar-refractivity contribution in [1.82, 2.24) is 4.98 Å².